The summed E-state index contributed by atoms with van der Waals surface area (Å²) < 4.78 is 23.2. The Kier molecular flexibility index (Phi) is 5.45. The second-order valence-electron chi connectivity index (χ2n) is 8.50. The zero-order valence-electron chi connectivity index (χ0n) is 20.4. The molecule has 0 spiro atoms. The molecule has 4 heteroatoms. The third-order valence-electron chi connectivity index (χ3n) is 6.67. The Balaban J connectivity index is 1.96. The number of methoxy groups -OCH3 is 4. The molecule has 0 bridgehead atoms. The molecule has 172 valence electrons. The first-order valence-corrected chi connectivity index (χ1v) is 11.2. The number of benzene rings is 4. The molecule has 4 aromatic carbocycles. The predicted molar refractivity (Wildman–Crippen MR) is 138 cm³/mol. The van der Waals surface area contributed by atoms with E-state index in [1.54, 1.807) is 28.4 Å². The molecule has 0 unspecified atom stereocenters. The van der Waals surface area contributed by atoms with E-state index in [2.05, 4.69) is 48.5 Å². The van der Waals surface area contributed by atoms with Crippen LogP contribution in [0.2, 0.25) is 0 Å². The van der Waals surface area contributed by atoms with Gasteiger partial charge in [0.15, 0.2) is 0 Å². The number of hydrogen-bond donors (Lipinski definition) is 0. The molecule has 0 fully saturated rings. The highest BCUT2D eigenvalue weighted by atomic mass is 16.5. The second-order valence-corrected chi connectivity index (χ2v) is 8.50. The number of aryl methyl sites for hydroxylation is 2. The largest absolute Gasteiger partial charge is 0.496 e. The summed E-state index contributed by atoms with van der Waals surface area (Å²) in [7, 11) is 6.82. The quantitative estimate of drug-likeness (QED) is 0.284. The number of rotatable bonds is 6. The fraction of sp³-hybridized carbons (Fsp3) is 0.200. The van der Waals surface area contributed by atoms with Gasteiger partial charge in [0.05, 0.1) is 28.4 Å². The molecule has 0 aromatic heterocycles. The number of ether oxygens (including phenoxy) is 4. The lowest BCUT2D eigenvalue weighted by Gasteiger charge is -2.19. The highest BCUT2D eigenvalue weighted by Crippen LogP contribution is 2.52. The highest BCUT2D eigenvalue weighted by molar-refractivity contribution is 6.21. The van der Waals surface area contributed by atoms with E-state index in [-0.39, 0.29) is 0 Å². The van der Waals surface area contributed by atoms with Gasteiger partial charge in [-0.3, -0.25) is 0 Å². The first-order chi connectivity index (χ1) is 16.5. The van der Waals surface area contributed by atoms with Crippen molar-refractivity contribution in [1.82, 2.24) is 0 Å². The van der Waals surface area contributed by atoms with Crippen molar-refractivity contribution in [2.45, 2.75) is 13.8 Å². The normalized spacial score (nSPS) is 12.3. The summed E-state index contributed by atoms with van der Waals surface area (Å²) in [5.74, 6) is 3.24. The van der Waals surface area contributed by atoms with E-state index in [1.807, 2.05) is 26.0 Å². The maximum atomic E-state index is 5.89. The van der Waals surface area contributed by atoms with Crippen molar-refractivity contribution < 1.29 is 18.9 Å². The smallest absolute Gasteiger partial charge is 0.127 e. The molecule has 0 saturated carbocycles. The van der Waals surface area contributed by atoms with E-state index < -0.39 is 0 Å². The van der Waals surface area contributed by atoms with E-state index in [1.165, 1.54) is 10.8 Å². The topological polar surface area (TPSA) is 36.9 Å². The molecule has 0 atom stereocenters. The molecule has 0 aliphatic heterocycles. The lowest BCUT2D eigenvalue weighted by Crippen LogP contribution is -2.00. The monoisotopic (exact) mass is 452 g/mol. The minimum atomic E-state index is 0.800. The fourth-order valence-electron chi connectivity index (χ4n) is 5.08. The molecule has 0 radical (unpaired) electrons. The van der Waals surface area contributed by atoms with Gasteiger partial charge in [-0.1, -0.05) is 36.4 Å². The first-order valence-electron chi connectivity index (χ1n) is 11.2. The highest BCUT2D eigenvalue weighted by Gasteiger charge is 2.30. The molecular formula is C30H28O4. The summed E-state index contributed by atoms with van der Waals surface area (Å²) in [4.78, 5) is 0. The summed E-state index contributed by atoms with van der Waals surface area (Å²) in [6.45, 7) is 4.05. The Bertz CT molecular complexity index is 1360. The van der Waals surface area contributed by atoms with Crippen LogP contribution in [0.25, 0.3) is 21.9 Å². The van der Waals surface area contributed by atoms with Crippen molar-refractivity contribution in [2.24, 2.45) is 0 Å². The molecule has 0 N–H and O–H groups in total. The van der Waals surface area contributed by atoms with Gasteiger partial charge in [-0.05, 0) is 71.1 Å². The molecule has 1 aliphatic carbocycles. The standard InChI is InChI=1S/C30H28O4/c1-17-13-26(33-5)22(15-24(17)31-3)29-20-11-7-9-19-10-8-12-21(28(19)20)30(29)23-16-25(32-4)18(2)14-27(23)34-6/h7-16H,1-6H3. The SMILES string of the molecule is COc1cc(C2=C(c3cc(OC)c(C)cc3OC)c3cccc4cccc2c34)c(OC)cc1C. The summed E-state index contributed by atoms with van der Waals surface area (Å²) in [5, 5.41) is 2.41. The summed E-state index contributed by atoms with van der Waals surface area (Å²) >= 11 is 0. The van der Waals surface area contributed by atoms with Gasteiger partial charge in [-0.25, -0.2) is 0 Å². The molecule has 0 saturated heterocycles. The Labute approximate surface area is 200 Å². The number of hydrogen-bond acceptors (Lipinski definition) is 4. The van der Waals surface area contributed by atoms with Crippen molar-refractivity contribution in [2.75, 3.05) is 28.4 Å². The van der Waals surface area contributed by atoms with Crippen LogP contribution in [-0.2, 0) is 0 Å². The molecule has 0 amide bonds. The second kappa shape index (κ2) is 8.45. The third-order valence-corrected chi connectivity index (χ3v) is 6.67. The third kappa shape index (κ3) is 3.21. The molecule has 4 aromatic rings. The molecule has 1 aliphatic rings. The van der Waals surface area contributed by atoms with Crippen LogP contribution in [0, 0.1) is 13.8 Å². The fourth-order valence-corrected chi connectivity index (χ4v) is 5.08. The molecule has 5 rings (SSSR count). The van der Waals surface area contributed by atoms with Crippen molar-refractivity contribution in [3.8, 4) is 23.0 Å². The van der Waals surface area contributed by atoms with E-state index in [0.29, 0.717) is 0 Å². The lowest BCUT2D eigenvalue weighted by molar-refractivity contribution is 0.399. The zero-order valence-corrected chi connectivity index (χ0v) is 20.4. The summed E-state index contributed by atoms with van der Waals surface area (Å²) in [6.07, 6.45) is 0. The van der Waals surface area contributed by atoms with E-state index in [9.17, 15) is 0 Å². The Morgan fingerprint density at radius 2 is 0.882 bits per heavy atom. The minimum Gasteiger partial charge on any atom is -0.496 e. The average Bonchev–Trinajstić information content (AvgIpc) is 3.19. The van der Waals surface area contributed by atoms with E-state index >= 15 is 0 Å². The van der Waals surface area contributed by atoms with Crippen molar-refractivity contribution in [1.29, 1.82) is 0 Å². The van der Waals surface area contributed by atoms with E-state index in [0.717, 1.165) is 67.5 Å². The Morgan fingerprint density at radius 3 is 1.26 bits per heavy atom. The molecular weight excluding hydrogens is 424 g/mol. The van der Waals surface area contributed by atoms with Gasteiger partial charge in [0.2, 0.25) is 0 Å². The van der Waals surface area contributed by atoms with Crippen LogP contribution < -0.4 is 18.9 Å². The first kappa shape index (κ1) is 21.9. The van der Waals surface area contributed by atoms with Crippen LogP contribution in [0.4, 0.5) is 0 Å². The molecule has 0 heterocycles. The maximum absolute atomic E-state index is 5.89. The van der Waals surface area contributed by atoms with Gasteiger partial charge < -0.3 is 18.9 Å². The predicted octanol–water partition coefficient (Wildman–Crippen LogP) is 6.81. The molecule has 34 heavy (non-hydrogen) atoms. The Hall–Kier alpha value is -3.92. The van der Waals surface area contributed by atoms with Gasteiger partial charge in [0, 0.05) is 22.3 Å². The summed E-state index contributed by atoms with van der Waals surface area (Å²) in [6, 6.07) is 21.1. The van der Waals surface area contributed by atoms with Crippen LogP contribution in [0.15, 0.2) is 60.7 Å². The van der Waals surface area contributed by atoms with Crippen LogP contribution in [0.1, 0.15) is 33.4 Å². The van der Waals surface area contributed by atoms with Gasteiger partial charge in [-0.15, -0.1) is 0 Å². The maximum Gasteiger partial charge on any atom is 0.127 e. The van der Waals surface area contributed by atoms with Gasteiger partial charge in [0.25, 0.3) is 0 Å². The van der Waals surface area contributed by atoms with Gasteiger partial charge in [0.1, 0.15) is 23.0 Å². The average molecular weight is 453 g/mol. The van der Waals surface area contributed by atoms with Gasteiger partial charge >= 0.3 is 0 Å². The molecule has 4 nitrogen and oxygen atoms in total. The van der Waals surface area contributed by atoms with Crippen LogP contribution >= 0.6 is 0 Å². The van der Waals surface area contributed by atoms with Crippen LogP contribution in [0.3, 0.4) is 0 Å². The summed E-state index contributed by atoms with van der Waals surface area (Å²) in [5.41, 5.74) is 8.50. The minimum absolute atomic E-state index is 0.800. The van der Waals surface area contributed by atoms with Crippen molar-refractivity contribution >= 4 is 21.9 Å². The Morgan fingerprint density at radius 1 is 0.471 bits per heavy atom. The zero-order chi connectivity index (χ0) is 24.0. The van der Waals surface area contributed by atoms with Crippen molar-refractivity contribution in [3.05, 3.63) is 94.0 Å². The van der Waals surface area contributed by atoms with Crippen molar-refractivity contribution in [3.63, 3.8) is 0 Å². The van der Waals surface area contributed by atoms with E-state index in [4.69, 9.17) is 18.9 Å². The van der Waals surface area contributed by atoms with Crippen LogP contribution in [0.5, 0.6) is 23.0 Å². The lowest BCUT2D eigenvalue weighted by atomic mass is 9.90. The van der Waals surface area contributed by atoms with Gasteiger partial charge in [-0.2, -0.15) is 0 Å². The van der Waals surface area contributed by atoms with Crippen LogP contribution in [-0.4, -0.2) is 28.4 Å².